The monoisotopic (exact) mass is 320 g/mol. The number of nitrogens with zero attached hydrogens (tertiary/aromatic N) is 3. The Hall–Kier alpha value is -1.84. The van der Waals surface area contributed by atoms with Gasteiger partial charge >= 0.3 is 0 Å². The van der Waals surface area contributed by atoms with E-state index in [0.717, 1.165) is 31.2 Å². The van der Waals surface area contributed by atoms with Crippen molar-refractivity contribution >= 4 is 33.8 Å². The van der Waals surface area contributed by atoms with Crippen LogP contribution in [0.4, 0.5) is 5.00 Å². The number of carbonyl (C=O) groups is 1. The van der Waals surface area contributed by atoms with Gasteiger partial charge in [-0.3, -0.25) is 9.48 Å². The highest BCUT2D eigenvalue weighted by Gasteiger charge is 2.23. The zero-order chi connectivity index (χ0) is 15.0. The SMILES string of the molecule is Cn1ncc(Cl)c1C(=O)Nc1sc2c(c1C#N)CCCC2. The Morgan fingerprint density at radius 1 is 1.52 bits per heavy atom. The van der Waals surface area contributed by atoms with Crippen LogP contribution in [0.1, 0.15) is 39.3 Å². The van der Waals surface area contributed by atoms with Crippen LogP contribution in [0.25, 0.3) is 0 Å². The number of aromatic nitrogens is 2. The molecule has 2 heterocycles. The third-order valence-electron chi connectivity index (χ3n) is 3.62. The van der Waals surface area contributed by atoms with Crippen LogP contribution >= 0.6 is 22.9 Å². The Labute approximate surface area is 131 Å². The zero-order valence-corrected chi connectivity index (χ0v) is 13.0. The summed E-state index contributed by atoms with van der Waals surface area (Å²) in [4.78, 5) is 13.6. The van der Waals surface area contributed by atoms with Gasteiger partial charge in [-0.25, -0.2) is 0 Å². The molecule has 0 bridgehead atoms. The van der Waals surface area contributed by atoms with Gasteiger partial charge in [0.2, 0.25) is 0 Å². The van der Waals surface area contributed by atoms with Crippen molar-refractivity contribution in [3.63, 3.8) is 0 Å². The van der Waals surface area contributed by atoms with Crippen LogP contribution in [0.2, 0.25) is 5.02 Å². The van der Waals surface area contributed by atoms with Gasteiger partial charge in [-0.15, -0.1) is 11.3 Å². The highest BCUT2D eigenvalue weighted by atomic mass is 35.5. The maximum Gasteiger partial charge on any atom is 0.276 e. The first-order valence-electron chi connectivity index (χ1n) is 6.65. The second-order valence-corrected chi connectivity index (χ2v) is 6.46. The van der Waals surface area contributed by atoms with Crippen LogP contribution in [0.5, 0.6) is 0 Å². The van der Waals surface area contributed by atoms with E-state index >= 15 is 0 Å². The van der Waals surface area contributed by atoms with Gasteiger partial charge in [0.25, 0.3) is 5.91 Å². The minimum absolute atomic E-state index is 0.298. The van der Waals surface area contributed by atoms with E-state index in [1.807, 2.05) is 0 Å². The van der Waals surface area contributed by atoms with Gasteiger partial charge in [0.15, 0.2) is 0 Å². The van der Waals surface area contributed by atoms with E-state index in [0.29, 0.717) is 21.3 Å². The molecule has 0 unspecified atom stereocenters. The predicted octanol–water partition coefficient (Wildman–Crippen LogP) is 3.14. The Kier molecular flexibility index (Phi) is 3.70. The smallest absolute Gasteiger partial charge is 0.276 e. The van der Waals surface area contributed by atoms with Crippen molar-refractivity contribution in [2.45, 2.75) is 25.7 Å². The number of halogens is 1. The summed E-state index contributed by atoms with van der Waals surface area (Å²) in [5.74, 6) is -0.338. The molecule has 5 nitrogen and oxygen atoms in total. The lowest BCUT2D eigenvalue weighted by atomic mass is 9.96. The molecular formula is C14H13ClN4OS. The molecule has 0 atom stereocenters. The van der Waals surface area contributed by atoms with E-state index in [9.17, 15) is 10.1 Å². The largest absolute Gasteiger partial charge is 0.311 e. The lowest BCUT2D eigenvalue weighted by Crippen LogP contribution is -2.16. The second kappa shape index (κ2) is 5.51. The minimum atomic E-state index is -0.338. The first-order valence-corrected chi connectivity index (χ1v) is 7.84. The van der Waals surface area contributed by atoms with Gasteiger partial charge in [-0.1, -0.05) is 11.6 Å². The number of hydrogen-bond acceptors (Lipinski definition) is 4. The molecule has 0 aromatic carbocycles. The maximum atomic E-state index is 12.3. The summed E-state index contributed by atoms with van der Waals surface area (Å²) >= 11 is 7.47. The number of carbonyl (C=O) groups excluding carboxylic acids is 1. The van der Waals surface area contributed by atoms with Crippen LogP contribution in [0.15, 0.2) is 6.20 Å². The molecule has 1 aliphatic rings. The van der Waals surface area contributed by atoms with Crippen LogP contribution in [0, 0.1) is 11.3 Å². The van der Waals surface area contributed by atoms with Crippen molar-refractivity contribution in [3.05, 3.63) is 32.9 Å². The highest BCUT2D eigenvalue weighted by Crippen LogP contribution is 2.37. The lowest BCUT2D eigenvalue weighted by Gasteiger charge is -2.09. The van der Waals surface area contributed by atoms with Crippen molar-refractivity contribution < 1.29 is 4.79 Å². The number of fused-ring (bicyclic) bond motifs is 1. The van der Waals surface area contributed by atoms with E-state index in [-0.39, 0.29) is 5.91 Å². The molecule has 0 saturated heterocycles. The van der Waals surface area contributed by atoms with E-state index in [2.05, 4.69) is 16.5 Å². The number of anilines is 1. The summed E-state index contributed by atoms with van der Waals surface area (Å²) in [6, 6.07) is 2.22. The number of nitrogens with one attached hydrogen (secondary N) is 1. The minimum Gasteiger partial charge on any atom is -0.311 e. The van der Waals surface area contributed by atoms with E-state index < -0.39 is 0 Å². The molecule has 0 radical (unpaired) electrons. The number of rotatable bonds is 2. The van der Waals surface area contributed by atoms with Crippen LogP contribution in [0.3, 0.4) is 0 Å². The van der Waals surface area contributed by atoms with Gasteiger partial charge in [-0.05, 0) is 31.2 Å². The van der Waals surface area contributed by atoms with Crippen molar-refractivity contribution in [2.75, 3.05) is 5.32 Å². The summed E-state index contributed by atoms with van der Waals surface area (Å²) in [5, 5.41) is 17.1. The molecule has 0 fully saturated rings. The van der Waals surface area contributed by atoms with Gasteiger partial charge in [-0.2, -0.15) is 10.4 Å². The molecule has 21 heavy (non-hydrogen) atoms. The summed E-state index contributed by atoms with van der Waals surface area (Å²) in [7, 11) is 1.66. The molecule has 1 N–H and O–H groups in total. The van der Waals surface area contributed by atoms with Gasteiger partial charge in [0, 0.05) is 11.9 Å². The molecule has 0 saturated carbocycles. The van der Waals surface area contributed by atoms with E-state index in [1.54, 1.807) is 7.05 Å². The van der Waals surface area contributed by atoms with E-state index in [4.69, 9.17) is 11.6 Å². The average molecular weight is 321 g/mol. The van der Waals surface area contributed by atoms with E-state index in [1.165, 1.54) is 27.1 Å². The number of thiophene rings is 1. The molecule has 1 amide bonds. The molecule has 0 aliphatic heterocycles. The Morgan fingerprint density at radius 2 is 2.29 bits per heavy atom. The Bertz CT molecular complexity index is 736. The quantitative estimate of drug-likeness (QED) is 0.924. The molecule has 7 heteroatoms. The standard InChI is InChI=1S/C14H13ClN4OS/c1-19-12(10(15)7-17-19)13(20)18-14-9(6-16)8-4-2-3-5-11(8)21-14/h7H,2-5H2,1H3,(H,18,20). The fourth-order valence-electron chi connectivity index (χ4n) is 2.60. The van der Waals surface area contributed by atoms with Crippen molar-refractivity contribution in [2.24, 2.45) is 7.05 Å². The second-order valence-electron chi connectivity index (χ2n) is 4.95. The van der Waals surface area contributed by atoms with Crippen LogP contribution in [-0.4, -0.2) is 15.7 Å². The fraction of sp³-hybridized carbons (Fsp3) is 0.357. The first-order chi connectivity index (χ1) is 10.1. The average Bonchev–Trinajstić information content (AvgIpc) is 2.98. The lowest BCUT2D eigenvalue weighted by molar-refractivity contribution is 0.101. The summed E-state index contributed by atoms with van der Waals surface area (Å²) < 4.78 is 1.43. The number of aryl methyl sites for hydroxylation is 2. The third kappa shape index (κ3) is 2.43. The van der Waals surface area contributed by atoms with Crippen LogP contribution < -0.4 is 5.32 Å². The number of amides is 1. The normalized spacial score (nSPS) is 13.6. The zero-order valence-electron chi connectivity index (χ0n) is 11.4. The van der Waals surface area contributed by atoms with Crippen molar-refractivity contribution in [1.82, 2.24) is 9.78 Å². The Balaban J connectivity index is 1.94. The summed E-state index contributed by atoms with van der Waals surface area (Å²) in [5.41, 5.74) is 1.99. The molecule has 1 aliphatic carbocycles. The van der Waals surface area contributed by atoms with Gasteiger partial charge in [0.1, 0.15) is 16.8 Å². The van der Waals surface area contributed by atoms with Gasteiger partial charge < -0.3 is 5.32 Å². The first kappa shape index (κ1) is 14.1. The van der Waals surface area contributed by atoms with Crippen molar-refractivity contribution in [1.29, 1.82) is 5.26 Å². The number of nitriles is 1. The van der Waals surface area contributed by atoms with Gasteiger partial charge in [0.05, 0.1) is 16.8 Å². The maximum absolute atomic E-state index is 12.3. The number of hydrogen-bond donors (Lipinski definition) is 1. The van der Waals surface area contributed by atoms with Crippen molar-refractivity contribution in [3.8, 4) is 6.07 Å². The molecule has 2 aromatic heterocycles. The summed E-state index contributed by atoms with van der Waals surface area (Å²) in [6.45, 7) is 0. The highest BCUT2D eigenvalue weighted by molar-refractivity contribution is 7.16. The predicted molar refractivity (Wildman–Crippen MR) is 81.8 cm³/mol. The fourth-order valence-corrected chi connectivity index (χ4v) is 4.09. The molecular weight excluding hydrogens is 308 g/mol. The molecule has 3 rings (SSSR count). The topological polar surface area (TPSA) is 70.7 Å². The summed E-state index contributed by atoms with van der Waals surface area (Å²) in [6.07, 6.45) is 5.56. The molecule has 2 aromatic rings. The molecule has 108 valence electrons. The molecule has 0 spiro atoms. The van der Waals surface area contributed by atoms with Crippen LogP contribution in [-0.2, 0) is 19.9 Å². The Morgan fingerprint density at radius 3 is 2.95 bits per heavy atom. The third-order valence-corrected chi connectivity index (χ3v) is 5.10.